The van der Waals surface area contributed by atoms with Gasteiger partial charge < -0.3 is 9.47 Å². The van der Waals surface area contributed by atoms with Gasteiger partial charge in [-0.25, -0.2) is 0 Å². The number of hydrogen-bond acceptors (Lipinski definition) is 4. The average molecular weight is 403 g/mol. The Labute approximate surface area is 170 Å². The van der Waals surface area contributed by atoms with Gasteiger partial charge in [-0.3, -0.25) is 9.59 Å². The molecule has 1 amide bonds. The van der Waals surface area contributed by atoms with Crippen LogP contribution in [0.3, 0.4) is 0 Å². The molecule has 0 aliphatic heterocycles. The molecule has 150 valence electrons. The molecular formula is C21H27ClN4O2. The number of ketones is 1. The summed E-state index contributed by atoms with van der Waals surface area (Å²) in [7, 11) is 3.51. The molecule has 0 spiro atoms. The number of carbonyl (C=O) groups is 2. The van der Waals surface area contributed by atoms with Gasteiger partial charge in [0, 0.05) is 57.3 Å². The normalized spacial score (nSPS) is 13.6. The van der Waals surface area contributed by atoms with Gasteiger partial charge in [-0.1, -0.05) is 23.7 Å². The SMILES string of the molecule is Cc1c(Cl)cccc1CC(=O)CCc1nnc(CCC(=O)N(C)C)n1C1CC1. The first-order chi connectivity index (χ1) is 13.4. The molecule has 28 heavy (non-hydrogen) atoms. The summed E-state index contributed by atoms with van der Waals surface area (Å²) in [6.45, 7) is 1.94. The van der Waals surface area contributed by atoms with Crippen LogP contribution in [0, 0.1) is 6.92 Å². The van der Waals surface area contributed by atoms with E-state index in [-0.39, 0.29) is 11.7 Å². The lowest BCUT2D eigenvalue weighted by Crippen LogP contribution is -2.22. The minimum atomic E-state index is 0.0824. The molecule has 7 heteroatoms. The smallest absolute Gasteiger partial charge is 0.222 e. The highest BCUT2D eigenvalue weighted by Crippen LogP contribution is 2.37. The molecule has 1 fully saturated rings. The van der Waals surface area contributed by atoms with Gasteiger partial charge in [0.25, 0.3) is 0 Å². The van der Waals surface area contributed by atoms with E-state index in [1.807, 2.05) is 25.1 Å². The van der Waals surface area contributed by atoms with Crippen LogP contribution in [0.15, 0.2) is 18.2 Å². The minimum Gasteiger partial charge on any atom is -0.349 e. The summed E-state index contributed by atoms with van der Waals surface area (Å²) in [6, 6.07) is 6.08. The highest BCUT2D eigenvalue weighted by atomic mass is 35.5. The number of aromatic nitrogens is 3. The van der Waals surface area contributed by atoms with Crippen molar-refractivity contribution in [3.8, 4) is 0 Å². The number of halogens is 1. The first-order valence-electron chi connectivity index (χ1n) is 9.75. The summed E-state index contributed by atoms with van der Waals surface area (Å²) < 4.78 is 2.15. The van der Waals surface area contributed by atoms with Crippen molar-refractivity contribution in [3.63, 3.8) is 0 Å². The highest BCUT2D eigenvalue weighted by molar-refractivity contribution is 6.31. The van der Waals surface area contributed by atoms with E-state index in [0.717, 1.165) is 35.6 Å². The number of amides is 1. The molecule has 1 aromatic carbocycles. The molecule has 1 aliphatic rings. The molecule has 1 aliphatic carbocycles. The summed E-state index contributed by atoms with van der Waals surface area (Å²) in [4.78, 5) is 26.0. The Morgan fingerprint density at radius 3 is 2.39 bits per heavy atom. The quantitative estimate of drug-likeness (QED) is 0.645. The molecule has 0 N–H and O–H groups in total. The van der Waals surface area contributed by atoms with Crippen molar-refractivity contribution in [1.29, 1.82) is 0 Å². The standard InChI is InChI=1S/C21H27ClN4O2/c1-14-15(5-4-6-18(14)22)13-17(27)9-10-19-23-24-20(26(19)16-7-8-16)11-12-21(28)25(2)3/h4-6,16H,7-13H2,1-3H3. The summed E-state index contributed by atoms with van der Waals surface area (Å²) >= 11 is 6.15. The zero-order chi connectivity index (χ0) is 20.3. The zero-order valence-corrected chi connectivity index (χ0v) is 17.5. The van der Waals surface area contributed by atoms with Gasteiger partial charge in [-0.05, 0) is 37.0 Å². The molecule has 0 saturated heterocycles. The van der Waals surface area contributed by atoms with Crippen LogP contribution in [0.4, 0.5) is 0 Å². The highest BCUT2D eigenvalue weighted by Gasteiger charge is 2.29. The molecule has 0 radical (unpaired) electrons. The van der Waals surface area contributed by atoms with Gasteiger partial charge in [-0.15, -0.1) is 10.2 Å². The fourth-order valence-corrected chi connectivity index (χ4v) is 3.49. The fraction of sp³-hybridized carbons (Fsp3) is 0.524. The van der Waals surface area contributed by atoms with E-state index in [9.17, 15) is 9.59 Å². The van der Waals surface area contributed by atoms with Crippen LogP contribution in [0.1, 0.15) is 54.5 Å². The summed E-state index contributed by atoms with van der Waals surface area (Å²) in [6.07, 6.45) is 4.59. The Morgan fingerprint density at radius 1 is 1.14 bits per heavy atom. The molecule has 2 aromatic rings. The molecule has 0 unspecified atom stereocenters. The van der Waals surface area contributed by atoms with Crippen LogP contribution < -0.4 is 0 Å². The van der Waals surface area contributed by atoms with Gasteiger partial charge in [0.05, 0.1) is 0 Å². The van der Waals surface area contributed by atoms with Crippen molar-refractivity contribution in [2.24, 2.45) is 0 Å². The topological polar surface area (TPSA) is 68.1 Å². The summed E-state index contributed by atoms with van der Waals surface area (Å²) in [5.74, 6) is 1.95. The van der Waals surface area contributed by atoms with Gasteiger partial charge >= 0.3 is 0 Å². The third-order valence-corrected chi connectivity index (χ3v) is 5.61. The van der Waals surface area contributed by atoms with Gasteiger partial charge in [0.15, 0.2) is 0 Å². The van der Waals surface area contributed by atoms with E-state index in [1.165, 1.54) is 0 Å². The van der Waals surface area contributed by atoms with E-state index >= 15 is 0 Å². The Balaban J connectivity index is 1.62. The number of nitrogens with zero attached hydrogens (tertiary/aromatic N) is 4. The first-order valence-corrected chi connectivity index (χ1v) is 10.1. The van der Waals surface area contributed by atoms with Crippen molar-refractivity contribution in [2.75, 3.05) is 14.1 Å². The van der Waals surface area contributed by atoms with Crippen LogP contribution in [0.25, 0.3) is 0 Å². The lowest BCUT2D eigenvalue weighted by Gasteiger charge is -2.11. The van der Waals surface area contributed by atoms with Gasteiger partial charge in [-0.2, -0.15) is 0 Å². The maximum atomic E-state index is 12.5. The van der Waals surface area contributed by atoms with E-state index < -0.39 is 0 Å². The lowest BCUT2D eigenvalue weighted by molar-refractivity contribution is -0.128. The molecule has 0 bridgehead atoms. The molecule has 0 atom stereocenters. The second-order valence-corrected chi connectivity index (χ2v) is 8.07. The Morgan fingerprint density at radius 2 is 1.79 bits per heavy atom. The van der Waals surface area contributed by atoms with E-state index in [0.29, 0.717) is 43.2 Å². The van der Waals surface area contributed by atoms with Gasteiger partial charge in [0.1, 0.15) is 17.4 Å². The third kappa shape index (κ3) is 4.98. The number of rotatable bonds is 9. The Kier molecular flexibility index (Phi) is 6.50. The van der Waals surface area contributed by atoms with Crippen molar-refractivity contribution >= 4 is 23.3 Å². The van der Waals surface area contributed by atoms with Crippen molar-refractivity contribution < 1.29 is 9.59 Å². The zero-order valence-electron chi connectivity index (χ0n) is 16.7. The van der Waals surface area contributed by atoms with Crippen molar-refractivity contribution in [2.45, 2.75) is 57.9 Å². The second kappa shape index (κ2) is 8.86. The third-order valence-electron chi connectivity index (χ3n) is 5.21. The molecule has 1 aromatic heterocycles. The summed E-state index contributed by atoms with van der Waals surface area (Å²) in [5.41, 5.74) is 1.94. The first kappa shape index (κ1) is 20.5. The van der Waals surface area contributed by atoms with Crippen molar-refractivity contribution in [1.82, 2.24) is 19.7 Å². The largest absolute Gasteiger partial charge is 0.349 e. The number of hydrogen-bond donors (Lipinski definition) is 0. The fourth-order valence-electron chi connectivity index (χ4n) is 3.29. The molecule has 1 saturated carbocycles. The number of Topliss-reactive ketones (excluding diaryl/α,β-unsaturated/α-hetero) is 1. The molecule has 1 heterocycles. The number of carbonyl (C=O) groups excluding carboxylic acids is 2. The van der Waals surface area contributed by atoms with E-state index in [4.69, 9.17) is 11.6 Å². The van der Waals surface area contributed by atoms with Crippen LogP contribution in [0.2, 0.25) is 5.02 Å². The predicted octanol–water partition coefficient (Wildman–Crippen LogP) is 3.34. The molecule has 6 nitrogen and oxygen atoms in total. The van der Waals surface area contributed by atoms with Crippen LogP contribution in [-0.4, -0.2) is 45.5 Å². The average Bonchev–Trinajstić information content (AvgIpc) is 3.42. The molecular weight excluding hydrogens is 376 g/mol. The maximum Gasteiger partial charge on any atom is 0.222 e. The summed E-state index contributed by atoms with van der Waals surface area (Å²) in [5, 5.41) is 9.33. The monoisotopic (exact) mass is 402 g/mol. The Bertz CT molecular complexity index is 871. The van der Waals surface area contributed by atoms with E-state index in [2.05, 4.69) is 14.8 Å². The molecule has 3 rings (SSSR count). The minimum absolute atomic E-state index is 0.0824. The van der Waals surface area contributed by atoms with Crippen LogP contribution in [-0.2, 0) is 28.9 Å². The number of aryl methyl sites for hydroxylation is 2. The van der Waals surface area contributed by atoms with Gasteiger partial charge in [0.2, 0.25) is 5.91 Å². The maximum absolute atomic E-state index is 12.5. The number of benzene rings is 1. The van der Waals surface area contributed by atoms with Crippen LogP contribution in [0.5, 0.6) is 0 Å². The second-order valence-electron chi connectivity index (χ2n) is 7.66. The predicted molar refractivity (Wildman–Crippen MR) is 109 cm³/mol. The van der Waals surface area contributed by atoms with Crippen molar-refractivity contribution in [3.05, 3.63) is 46.0 Å². The van der Waals surface area contributed by atoms with E-state index in [1.54, 1.807) is 19.0 Å². The van der Waals surface area contributed by atoms with Crippen LogP contribution >= 0.6 is 11.6 Å². The lowest BCUT2D eigenvalue weighted by atomic mass is 10.0. The Hall–Kier alpha value is -2.21.